The number of piperidine rings is 1. The number of carbonyl (C=O) groups excluding carboxylic acids is 2. The number of hydrogen-bond donors (Lipinski definition) is 0. The van der Waals surface area contributed by atoms with Crippen molar-refractivity contribution in [1.29, 1.82) is 0 Å². The summed E-state index contributed by atoms with van der Waals surface area (Å²) in [6, 6.07) is 0. The summed E-state index contributed by atoms with van der Waals surface area (Å²) in [5.41, 5.74) is 0. The molecular formula is C21H37N3O2. The summed E-state index contributed by atoms with van der Waals surface area (Å²) in [5.74, 6) is 1.90. The number of hydrogen-bond acceptors (Lipinski definition) is 4. The molecule has 5 nitrogen and oxygen atoms in total. The first-order valence-corrected chi connectivity index (χ1v) is 10.8. The first-order chi connectivity index (χ1) is 12.6. The van der Waals surface area contributed by atoms with Crippen LogP contribution in [0.3, 0.4) is 0 Å². The van der Waals surface area contributed by atoms with E-state index in [9.17, 15) is 9.59 Å². The zero-order chi connectivity index (χ0) is 18.5. The maximum atomic E-state index is 12.9. The Morgan fingerprint density at radius 3 is 1.96 bits per heavy atom. The molecule has 0 unspecified atom stereocenters. The smallest absolute Gasteiger partial charge is 0.225 e. The van der Waals surface area contributed by atoms with Crippen LogP contribution in [0.15, 0.2) is 0 Å². The highest BCUT2D eigenvalue weighted by atomic mass is 16.2. The van der Waals surface area contributed by atoms with Gasteiger partial charge in [0.25, 0.3) is 0 Å². The lowest BCUT2D eigenvalue weighted by molar-refractivity contribution is -0.139. The van der Waals surface area contributed by atoms with Crippen LogP contribution < -0.4 is 0 Å². The summed E-state index contributed by atoms with van der Waals surface area (Å²) in [6.07, 6.45) is 6.62. The Balaban J connectivity index is 1.38. The van der Waals surface area contributed by atoms with E-state index in [-0.39, 0.29) is 11.8 Å². The van der Waals surface area contributed by atoms with Gasteiger partial charge < -0.3 is 14.7 Å². The van der Waals surface area contributed by atoms with Crippen LogP contribution in [-0.4, -0.2) is 79.3 Å². The van der Waals surface area contributed by atoms with Gasteiger partial charge in [0.2, 0.25) is 5.91 Å². The summed E-state index contributed by atoms with van der Waals surface area (Å²) in [6.45, 7) is 9.77. The van der Waals surface area contributed by atoms with Crippen molar-refractivity contribution in [3.05, 3.63) is 0 Å². The van der Waals surface area contributed by atoms with Gasteiger partial charge in [-0.3, -0.25) is 9.59 Å². The average molecular weight is 364 g/mol. The Labute approximate surface area is 159 Å². The van der Waals surface area contributed by atoms with Crippen molar-refractivity contribution in [2.24, 2.45) is 17.8 Å². The van der Waals surface area contributed by atoms with Crippen molar-refractivity contribution < 1.29 is 9.59 Å². The molecule has 26 heavy (non-hydrogen) atoms. The maximum Gasteiger partial charge on any atom is 0.225 e. The van der Waals surface area contributed by atoms with Crippen LogP contribution in [0.5, 0.6) is 0 Å². The molecule has 3 rings (SSSR count). The monoisotopic (exact) mass is 363 g/mol. The van der Waals surface area contributed by atoms with E-state index in [1.807, 2.05) is 6.92 Å². The number of amides is 1. The zero-order valence-electron chi connectivity index (χ0n) is 16.8. The van der Waals surface area contributed by atoms with Crippen LogP contribution in [0.1, 0.15) is 51.9 Å². The Hall–Kier alpha value is -0.940. The van der Waals surface area contributed by atoms with Gasteiger partial charge in [0, 0.05) is 64.1 Å². The fourth-order valence-corrected chi connectivity index (χ4v) is 4.94. The van der Waals surface area contributed by atoms with E-state index >= 15 is 0 Å². The second kappa shape index (κ2) is 9.32. The number of ketones is 1. The van der Waals surface area contributed by atoms with Crippen molar-refractivity contribution in [3.63, 3.8) is 0 Å². The van der Waals surface area contributed by atoms with Gasteiger partial charge in [0.05, 0.1) is 0 Å². The fourth-order valence-electron chi connectivity index (χ4n) is 4.94. The molecule has 3 aliphatic rings. The lowest BCUT2D eigenvalue weighted by Gasteiger charge is -2.39. The summed E-state index contributed by atoms with van der Waals surface area (Å²) in [5, 5.41) is 0. The molecule has 0 aromatic carbocycles. The minimum atomic E-state index is 0.171. The van der Waals surface area contributed by atoms with E-state index in [1.54, 1.807) is 0 Å². The predicted molar refractivity (Wildman–Crippen MR) is 104 cm³/mol. The summed E-state index contributed by atoms with van der Waals surface area (Å²) >= 11 is 0. The fraction of sp³-hybridized carbons (Fsp3) is 0.905. The minimum absolute atomic E-state index is 0.171. The van der Waals surface area contributed by atoms with E-state index in [0.29, 0.717) is 18.1 Å². The zero-order valence-corrected chi connectivity index (χ0v) is 16.8. The Bertz CT molecular complexity index is 472. The molecule has 0 N–H and O–H groups in total. The normalized spacial score (nSPS) is 29.7. The van der Waals surface area contributed by atoms with Crippen molar-refractivity contribution in [2.45, 2.75) is 51.9 Å². The van der Waals surface area contributed by atoms with Gasteiger partial charge in [0.15, 0.2) is 0 Å². The molecule has 0 aromatic heterocycles. The van der Waals surface area contributed by atoms with Crippen LogP contribution in [0.2, 0.25) is 0 Å². The van der Waals surface area contributed by atoms with Gasteiger partial charge in [-0.2, -0.15) is 0 Å². The van der Waals surface area contributed by atoms with Crippen molar-refractivity contribution in [2.75, 3.05) is 52.9 Å². The number of likely N-dealkylation sites (tertiary alicyclic amines) is 1. The van der Waals surface area contributed by atoms with E-state index < -0.39 is 0 Å². The number of likely N-dealkylation sites (N-methyl/N-ethyl adjacent to an activating group) is 1. The SMILES string of the molecule is CCC(=O)C1CCC(C(=O)N2CCC(CN3CCN(C)CC3)CC2)CC1. The van der Waals surface area contributed by atoms with Crippen LogP contribution in [0.25, 0.3) is 0 Å². The molecular weight excluding hydrogens is 326 g/mol. The van der Waals surface area contributed by atoms with Gasteiger partial charge in [-0.1, -0.05) is 6.92 Å². The van der Waals surface area contributed by atoms with Gasteiger partial charge in [0.1, 0.15) is 5.78 Å². The van der Waals surface area contributed by atoms with E-state index in [4.69, 9.17) is 0 Å². The highest BCUT2D eigenvalue weighted by molar-refractivity contribution is 5.82. The molecule has 0 aromatic rings. The topological polar surface area (TPSA) is 43.9 Å². The molecule has 0 radical (unpaired) electrons. The number of piperazine rings is 1. The van der Waals surface area contributed by atoms with Crippen LogP contribution in [0.4, 0.5) is 0 Å². The maximum absolute atomic E-state index is 12.9. The third kappa shape index (κ3) is 5.07. The Kier molecular flexibility index (Phi) is 7.10. The average Bonchev–Trinajstić information content (AvgIpc) is 2.69. The van der Waals surface area contributed by atoms with Gasteiger partial charge in [-0.05, 0) is 51.5 Å². The van der Waals surface area contributed by atoms with Crippen molar-refractivity contribution in [3.8, 4) is 0 Å². The molecule has 0 atom stereocenters. The number of nitrogens with zero attached hydrogens (tertiary/aromatic N) is 3. The molecule has 1 saturated carbocycles. The molecule has 5 heteroatoms. The quantitative estimate of drug-likeness (QED) is 0.751. The molecule has 0 spiro atoms. The van der Waals surface area contributed by atoms with Gasteiger partial charge in [-0.25, -0.2) is 0 Å². The second-order valence-electron chi connectivity index (χ2n) is 8.74. The Morgan fingerprint density at radius 1 is 0.808 bits per heavy atom. The van der Waals surface area contributed by atoms with Gasteiger partial charge >= 0.3 is 0 Å². The molecule has 2 saturated heterocycles. The Morgan fingerprint density at radius 2 is 1.38 bits per heavy atom. The van der Waals surface area contributed by atoms with E-state index in [1.165, 1.54) is 32.7 Å². The van der Waals surface area contributed by atoms with Crippen LogP contribution in [0, 0.1) is 17.8 Å². The van der Waals surface area contributed by atoms with Crippen molar-refractivity contribution in [1.82, 2.24) is 14.7 Å². The molecule has 2 aliphatic heterocycles. The summed E-state index contributed by atoms with van der Waals surface area (Å²) < 4.78 is 0. The van der Waals surface area contributed by atoms with Crippen LogP contribution >= 0.6 is 0 Å². The van der Waals surface area contributed by atoms with Crippen LogP contribution in [-0.2, 0) is 9.59 Å². The van der Waals surface area contributed by atoms with Crippen molar-refractivity contribution >= 4 is 11.7 Å². The number of Topliss-reactive ketones (excluding diaryl/α,β-unsaturated/α-hetero) is 1. The molecule has 0 bridgehead atoms. The van der Waals surface area contributed by atoms with E-state index in [2.05, 4.69) is 21.7 Å². The third-order valence-corrected chi connectivity index (χ3v) is 6.92. The molecule has 3 fully saturated rings. The second-order valence-corrected chi connectivity index (χ2v) is 8.74. The highest BCUT2D eigenvalue weighted by Crippen LogP contribution is 2.32. The third-order valence-electron chi connectivity index (χ3n) is 6.92. The number of carbonyl (C=O) groups is 2. The van der Waals surface area contributed by atoms with E-state index in [0.717, 1.165) is 57.5 Å². The molecule has 1 amide bonds. The summed E-state index contributed by atoms with van der Waals surface area (Å²) in [4.78, 5) is 31.8. The molecule has 2 heterocycles. The lowest BCUT2D eigenvalue weighted by atomic mass is 9.78. The first-order valence-electron chi connectivity index (χ1n) is 10.8. The minimum Gasteiger partial charge on any atom is -0.342 e. The summed E-state index contributed by atoms with van der Waals surface area (Å²) in [7, 11) is 2.20. The first kappa shape index (κ1) is 19.8. The standard InChI is InChI=1S/C21H37N3O2/c1-3-20(25)18-4-6-19(7-5-18)21(26)24-10-8-17(9-11-24)16-23-14-12-22(2)13-15-23/h17-19H,3-16H2,1-2H3. The predicted octanol–water partition coefficient (Wildman–Crippen LogP) is 2.26. The number of rotatable bonds is 5. The molecule has 148 valence electrons. The lowest BCUT2D eigenvalue weighted by Crippen LogP contribution is -2.48. The van der Waals surface area contributed by atoms with Gasteiger partial charge in [-0.15, -0.1) is 0 Å². The largest absolute Gasteiger partial charge is 0.342 e. The highest BCUT2D eigenvalue weighted by Gasteiger charge is 2.33. The molecule has 1 aliphatic carbocycles.